The van der Waals surface area contributed by atoms with Crippen molar-refractivity contribution in [1.29, 1.82) is 0 Å². The number of amides is 1. The van der Waals surface area contributed by atoms with Gasteiger partial charge in [-0.1, -0.05) is 17.7 Å². The first kappa shape index (κ1) is 8.30. The summed E-state index contributed by atoms with van der Waals surface area (Å²) in [5.74, 6) is 0.142. The Labute approximate surface area is 78.0 Å². The van der Waals surface area contributed by atoms with E-state index in [0.717, 1.165) is 18.5 Å². The fraction of sp³-hybridized carbons (Fsp3) is 0.364. The first-order valence-electron chi connectivity index (χ1n) is 4.62. The van der Waals surface area contributed by atoms with Crippen molar-refractivity contribution in [2.45, 2.75) is 26.2 Å². The summed E-state index contributed by atoms with van der Waals surface area (Å²) in [6.07, 6.45) is 8.79. The predicted octanol–water partition coefficient (Wildman–Crippen LogP) is 2.06. The molecule has 0 radical (unpaired) electrons. The highest BCUT2D eigenvalue weighted by atomic mass is 16.1. The zero-order valence-electron chi connectivity index (χ0n) is 7.76. The molecule has 1 heterocycles. The van der Waals surface area contributed by atoms with Crippen LogP contribution in [0.2, 0.25) is 0 Å². The molecular formula is C11H13NO. The molecule has 0 bridgehead atoms. The lowest BCUT2D eigenvalue weighted by molar-refractivity contribution is -0.120. The monoisotopic (exact) mass is 175 g/mol. The topological polar surface area (TPSA) is 29.1 Å². The summed E-state index contributed by atoms with van der Waals surface area (Å²) in [6, 6.07) is 0. The number of carbonyl (C=O) groups excluding carboxylic acids is 1. The predicted molar refractivity (Wildman–Crippen MR) is 51.9 cm³/mol. The second-order valence-electron chi connectivity index (χ2n) is 3.55. The molecule has 0 fully saturated rings. The van der Waals surface area contributed by atoms with Crippen LogP contribution in [-0.4, -0.2) is 5.91 Å². The Morgan fingerprint density at radius 1 is 1.31 bits per heavy atom. The third-order valence-corrected chi connectivity index (χ3v) is 2.49. The van der Waals surface area contributed by atoms with Crippen LogP contribution >= 0.6 is 0 Å². The minimum absolute atomic E-state index is 0.142. The van der Waals surface area contributed by atoms with Crippen LogP contribution in [0.5, 0.6) is 0 Å². The lowest BCUT2D eigenvalue weighted by Crippen LogP contribution is -2.26. The number of allylic oxidation sites excluding steroid dienone is 5. The van der Waals surface area contributed by atoms with E-state index < -0.39 is 0 Å². The van der Waals surface area contributed by atoms with Crippen LogP contribution in [-0.2, 0) is 4.79 Å². The molecule has 0 aromatic carbocycles. The van der Waals surface area contributed by atoms with Gasteiger partial charge in [0, 0.05) is 12.1 Å². The van der Waals surface area contributed by atoms with E-state index in [1.165, 1.54) is 11.1 Å². The van der Waals surface area contributed by atoms with Crippen LogP contribution in [0.3, 0.4) is 0 Å². The summed E-state index contributed by atoms with van der Waals surface area (Å²) in [5, 5.41) is 2.90. The maximum atomic E-state index is 11.1. The molecule has 1 aliphatic heterocycles. The quantitative estimate of drug-likeness (QED) is 0.600. The first-order chi connectivity index (χ1) is 6.25. The number of nitrogens with one attached hydrogen (secondary N) is 1. The van der Waals surface area contributed by atoms with Crippen molar-refractivity contribution in [3.8, 4) is 0 Å². The smallest absolute Gasteiger partial charge is 0.224 e. The Bertz CT molecular complexity index is 334. The van der Waals surface area contributed by atoms with E-state index in [4.69, 9.17) is 0 Å². The Morgan fingerprint density at radius 3 is 3.00 bits per heavy atom. The Balaban J connectivity index is 2.28. The molecule has 2 aliphatic rings. The van der Waals surface area contributed by atoms with Gasteiger partial charge in [-0.15, -0.1) is 0 Å². The standard InChI is InChI=1S/C11H13NO/c1-8-2-4-9-5-7-11(13)12-10(9)6-3-8/h2-3,6H,4-5,7H2,1H3,(H,12,13). The molecule has 0 saturated carbocycles. The van der Waals surface area contributed by atoms with Gasteiger partial charge in [-0.25, -0.2) is 0 Å². The van der Waals surface area contributed by atoms with E-state index in [2.05, 4.69) is 18.3 Å². The van der Waals surface area contributed by atoms with E-state index >= 15 is 0 Å². The highest BCUT2D eigenvalue weighted by molar-refractivity contribution is 5.80. The van der Waals surface area contributed by atoms with Gasteiger partial charge >= 0.3 is 0 Å². The molecule has 68 valence electrons. The molecule has 0 aromatic rings. The fourth-order valence-electron chi connectivity index (χ4n) is 1.64. The maximum Gasteiger partial charge on any atom is 0.224 e. The number of hydrogen-bond acceptors (Lipinski definition) is 1. The largest absolute Gasteiger partial charge is 0.326 e. The molecule has 13 heavy (non-hydrogen) atoms. The molecule has 1 aliphatic carbocycles. The van der Waals surface area contributed by atoms with Crippen LogP contribution in [0.25, 0.3) is 0 Å². The van der Waals surface area contributed by atoms with Crippen LogP contribution in [0.1, 0.15) is 26.2 Å². The summed E-state index contributed by atoms with van der Waals surface area (Å²) >= 11 is 0. The van der Waals surface area contributed by atoms with E-state index in [0.29, 0.717) is 6.42 Å². The second-order valence-corrected chi connectivity index (χ2v) is 3.55. The number of hydrogen-bond donors (Lipinski definition) is 1. The van der Waals surface area contributed by atoms with Crippen molar-refractivity contribution in [3.63, 3.8) is 0 Å². The Kier molecular flexibility index (Phi) is 2.05. The number of rotatable bonds is 0. The SMILES string of the molecule is CC1=CCC2=C(C=C1)NC(=O)CC2. The van der Waals surface area contributed by atoms with Gasteiger partial charge in [0.25, 0.3) is 0 Å². The van der Waals surface area contributed by atoms with Gasteiger partial charge in [-0.2, -0.15) is 0 Å². The van der Waals surface area contributed by atoms with Gasteiger partial charge in [0.05, 0.1) is 0 Å². The van der Waals surface area contributed by atoms with Gasteiger partial charge in [0.1, 0.15) is 0 Å². The lowest BCUT2D eigenvalue weighted by Gasteiger charge is -2.17. The normalized spacial score (nSPS) is 21.9. The summed E-state index contributed by atoms with van der Waals surface area (Å²) in [6.45, 7) is 2.08. The fourth-order valence-corrected chi connectivity index (χ4v) is 1.64. The van der Waals surface area contributed by atoms with Crippen LogP contribution in [0, 0.1) is 0 Å². The molecule has 0 unspecified atom stereocenters. The molecule has 0 aromatic heterocycles. The van der Waals surface area contributed by atoms with Crippen molar-refractivity contribution in [1.82, 2.24) is 5.32 Å². The highest BCUT2D eigenvalue weighted by Gasteiger charge is 2.15. The van der Waals surface area contributed by atoms with Crippen LogP contribution in [0.4, 0.5) is 0 Å². The average molecular weight is 175 g/mol. The maximum absolute atomic E-state index is 11.1. The zero-order valence-corrected chi connectivity index (χ0v) is 7.76. The van der Waals surface area contributed by atoms with Crippen LogP contribution < -0.4 is 5.32 Å². The molecule has 1 N–H and O–H groups in total. The van der Waals surface area contributed by atoms with E-state index in [1.807, 2.05) is 12.2 Å². The lowest BCUT2D eigenvalue weighted by atomic mass is 10.0. The summed E-state index contributed by atoms with van der Waals surface area (Å²) in [7, 11) is 0. The highest BCUT2D eigenvalue weighted by Crippen LogP contribution is 2.23. The van der Waals surface area contributed by atoms with E-state index in [-0.39, 0.29) is 5.91 Å². The van der Waals surface area contributed by atoms with Crippen molar-refractivity contribution >= 4 is 5.91 Å². The molecule has 0 spiro atoms. The molecule has 2 heteroatoms. The van der Waals surface area contributed by atoms with Gasteiger partial charge in [0.2, 0.25) is 5.91 Å². The Morgan fingerprint density at radius 2 is 2.15 bits per heavy atom. The zero-order chi connectivity index (χ0) is 9.26. The van der Waals surface area contributed by atoms with Crippen LogP contribution in [0.15, 0.2) is 35.1 Å². The van der Waals surface area contributed by atoms with E-state index in [1.54, 1.807) is 0 Å². The minimum atomic E-state index is 0.142. The Hall–Kier alpha value is -1.31. The average Bonchev–Trinajstić information content (AvgIpc) is 2.29. The second kappa shape index (κ2) is 3.21. The molecular weight excluding hydrogens is 162 g/mol. The summed E-state index contributed by atoms with van der Waals surface area (Å²) in [5.41, 5.74) is 3.64. The van der Waals surface area contributed by atoms with Gasteiger partial charge in [0.15, 0.2) is 0 Å². The van der Waals surface area contributed by atoms with Crippen molar-refractivity contribution < 1.29 is 4.79 Å². The summed E-state index contributed by atoms with van der Waals surface area (Å²) in [4.78, 5) is 11.1. The molecule has 0 atom stereocenters. The van der Waals surface area contributed by atoms with Gasteiger partial charge in [-0.05, 0) is 31.4 Å². The summed E-state index contributed by atoms with van der Waals surface area (Å²) < 4.78 is 0. The number of carbonyl (C=O) groups is 1. The minimum Gasteiger partial charge on any atom is -0.326 e. The molecule has 1 amide bonds. The third kappa shape index (κ3) is 1.72. The van der Waals surface area contributed by atoms with Gasteiger partial charge in [-0.3, -0.25) is 4.79 Å². The van der Waals surface area contributed by atoms with Crippen molar-refractivity contribution in [2.24, 2.45) is 0 Å². The van der Waals surface area contributed by atoms with Gasteiger partial charge < -0.3 is 5.32 Å². The van der Waals surface area contributed by atoms with Crippen molar-refractivity contribution in [2.75, 3.05) is 0 Å². The van der Waals surface area contributed by atoms with Crippen molar-refractivity contribution in [3.05, 3.63) is 35.1 Å². The first-order valence-corrected chi connectivity index (χ1v) is 4.62. The molecule has 0 saturated heterocycles. The third-order valence-electron chi connectivity index (χ3n) is 2.49. The van der Waals surface area contributed by atoms with E-state index in [9.17, 15) is 4.79 Å². The molecule has 2 nitrogen and oxygen atoms in total. The molecule has 2 rings (SSSR count).